The van der Waals surface area contributed by atoms with Crippen molar-refractivity contribution in [3.8, 4) is 5.75 Å². The second-order valence-electron chi connectivity index (χ2n) is 4.67. The molecule has 0 saturated heterocycles. The average molecular weight is 311 g/mol. The number of carbonyl (C=O) groups excluding carboxylic acids is 2. The van der Waals surface area contributed by atoms with Crippen molar-refractivity contribution in [3.63, 3.8) is 0 Å². The maximum atomic E-state index is 11.8. The third-order valence-electron chi connectivity index (χ3n) is 2.98. The summed E-state index contributed by atoms with van der Waals surface area (Å²) in [4.78, 5) is 23.6. The molecule has 0 aliphatic carbocycles. The van der Waals surface area contributed by atoms with Crippen molar-refractivity contribution >= 4 is 23.1 Å². The van der Waals surface area contributed by atoms with E-state index in [1.807, 2.05) is 6.92 Å². The van der Waals surface area contributed by atoms with E-state index in [1.165, 1.54) is 0 Å². The van der Waals surface area contributed by atoms with Crippen LogP contribution in [0.4, 0.5) is 5.69 Å². The molecule has 0 bridgehead atoms. The first-order valence-electron chi connectivity index (χ1n) is 7.14. The fraction of sp³-hybridized carbons (Fsp3) is 0.111. The number of amides is 1. The second-order valence-corrected chi connectivity index (χ2v) is 4.67. The second kappa shape index (κ2) is 7.79. The molecule has 2 aromatic carbocycles. The predicted octanol–water partition coefficient (Wildman–Crippen LogP) is 3.19. The summed E-state index contributed by atoms with van der Waals surface area (Å²) in [6.45, 7) is 2.41. The summed E-state index contributed by atoms with van der Waals surface area (Å²) in [5.74, 6) is -1.26. The van der Waals surface area contributed by atoms with E-state index in [0.717, 1.165) is 6.08 Å². The minimum absolute atomic E-state index is 0.277. The van der Waals surface area contributed by atoms with Crippen molar-refractivity contribution in [2.45, 2.75) is 6.92 Å². The highest BCUT2D eigenvalue weighted by Gasteiger charge is 2.13. The van der Waals surface area contributed by atoms with Gasteiger partial charge in [-0.25, -0.2) is 0 Å². The Hall–Kier alpha value is -3.08. The molecule has 118 valence electrons. The topological polar surface area (TPSA) is 75.6 Å². The molecule has 2 rings (SSSR count). The van der Waals surface area contributed by atoms with Gasteiger partial charge in [0.1, 0.15) is 11.5 Å². The van der Waals surface area contributed by atoms with Gasteiger partial charge in [-0.15, -0.1) is 0 Å². The van der Waals surface area contributed by atoms with Crippen LogP contribution < -0.4 is 10.1 Å². The van der Waals surface area contributed by atoms with Crippen LogP contribution in [0.5, 0.6) is 5.75 Å². The zero-order valence-electron chi connectivity index (χ0n) is 12.7. The van der Waals surface area contributed by atoms with Gasteiger partial charge in [0.15, 0.2) is 0 Å². The van der Waals surface area contributed by atoms with Gasteiger partial charge < -0.3 is 15.2 Å². The molecule has 5 heteroatoms. The lowest BCUT2D eigenvalue weighted by atomic mass is 10.1. The van der Waals surface area contributed by atoms with E-state index in [9.17, 15) is 14.7 Å². The number of ketones is 1. The zero-order chi connectivity index (χ0) is 16.7. The van der Waals surface area contributed by atoms with E-state index < -0.39 is 11.7 Å². The number of aliphatic hydroxyl groups is 1. The highest BCUT2D eigenvalue weighted by Crippen LogP contribution is 2.17. The summed E-state index contributed by atoms with van der Waals surface area (Å²) in [6.07, 6.45) is 0.897. The first-order valence-corrected chi connectivity index (χ1v) is 7.14. The molecule has 23 heavy (non-hydrogen) atoms. The molecule has 0 radical (unpaired) electrons. The molecule has 0 aliphatic heterocycles. The fourth-order valence-electron chi connectivity index (χ4n) is 1.88. The Morgan fingerprint density at radius 2 is 1.74 bits per heavy atom. The molecule has 0 spiro atoms. The third-order valence-corrected chi connectivity index (χ3v) is 2.98. The molecular formula is C18H17NO4. The number of rotatable bonds is 6. The highest BCUT2D eigenvalue weighted by atomic mass is 16.5. The number of para-hydroxylation sites is 1. The van der Waals surface area contributed by atoms with Gasteiger partial charge in [0.05, 0.1) is 6.61 Å². The molecule has 2 aromatic rings. The van der Waals surface area contributed by atoms with Crippen LogP contribution in [0.1, 0.15) is 12.5 Å². The number of aliphatic hydroxyl groups excluding tert-OH is 1. The van der Waals surface area contributed by atoms with Gasteiger partial charge in [-0.3, -0.25) is 9.59 Å². The van der Waals surface area contributed by atoms with Gasteiger partial charge in [-0.2, -0.15) is 0 Å². The molecule has 2 N–H and O–H groups in total. The van der Waals surface area contributed by atoms with Crippen LogP contribution in [-0.2, 0) is 9.59 Å². The Morgan fingerprint density at radius 3 is 2.35 bits per heavy atom. The van der Waals surface area contributed by atoms with Gasteiger partial charge in [0.25, 0.3) is 5.91 Å². The lowest BCUT2D eigenvalue weighted by Crippen LogP contribution is -2.21. The van der Waals surface area contributed by atoms with Crippen LogP contribution in [0.15, 0.2) is 60.7 Å². The van der Waals surface area contributed by atoms with Crippen LogP contribution in [-0.4, -0.2) is 23.4 Å². The van der Waals surface area contributed by atoms with Gasteiger partial charge in [-0.1, -0.05) is 18.2 Å². The molecule has 1 amide bonds. The van der Waals surface area contributed by atoms with Crippen molar-refractivity contribution < 1.29 is 19.4 Å². The summed E-state index contributed by atoms with van der Waals surface area (Å²) in [7, 11) is 0. The van der Waals surface area contributed by atoms with Crippen LogP contribution >= 0.6 is 0 Å². The lowest BCUT2D eigenvalue weighted by Gasteiger charge is -2.05. The summed E-state index contributed by atoms with van der Waals surface area (Å²) >= 11 is 0. The first-order chi connectivity index (χ1) is 11.1. The smallest absolute Gasteiger partial charge is 0.296 e. The van der Waals surface area contributed by atoms with Crippen molar-refractivity contribution in [2.24, 2.45) is 0 Å². The summed E-state index contributed by atoms with van der Waals surface area (Å²) in [5, 5.41) is 12.4. The minimum Gasteiger partial charge on any atom is -0.507 e. The quantitative estimate of drug-likeness (QED) is 0.488. The van der Waals surface area contributed by atoms with Crippen LogP contribution in [0.2, 0.25) is 0 Å². The average Bonchev–Trinajstić information content (AvgIpc) is 2.56. The van der Waals surface area contributed by atoms with Gasteiger partial charge in [-0.05, 0) is 43.3 Å². The molecule has 0 unspecified atom stereocenters. The van der Waals surface area contributed by atoms with E-state index in [2.05, 4.69) is 5.32 Å². The van der Waals surface area contributed by atoms with Crippen molar-refractivity contribution in [1.82, 2.24) is 0 Å². The Bertz CT molecular complexity index is 706. The third kappa shape index (κ3) is 4.71. The van der Waals surface area contributed by atoms with E-state index in [-0.39, 0.29) is 5.76 Å². The molecule has 0 fully saturated rings. The molecule has 0 atom stereocenters. The van der Waals surface area contributed by atoms with Crippen molar-refractivity contribution in [3.05, 3.63) is 66.2 Å². The van der Waals surface area contributed by atoms with E-state index in [1.54, 1.807) is 54.6 Å². The monoisotopic (exact) mass is 311 g/mol. The normalized spacial score (nSPS) is 10.9. The number of anilines is 1. The SMILES string of the molecule is CCOc1ccc(C(O)=CC(=O)C(=O)Nc2ccccc2)cc1. The van der Waals surface area contributed by atoms with Crippen molar-refractivity contribution in [2.75, 3.05) is 11.9 Å². The molecule has 5 nitrogen and oxygen atoms in total. The fourth-order valence-corrected chi connectivity index (χ4v) is 1.88. The molecule has 0 heterocycles. The Labute approximate surface area is 134 Å². The number of ether oxygens (including phenoxy) is 1. The maximum Gasteiger partial charge on any atom is 0.296 e. The van der Waals surface area contributed by atoms with Gasteiger partial charge in [0.2, 0.25) is 5.78 Å². The molecule has 0 saturated carbocycles. The molecule has 0 aliphatic rings. The van der Waals surface area contributed by atoms with Gasteiger partial charge >= 0.3 is 0 Å². The minimum atomic E-state index is -0.833. The Kier molecular flexibility index (Phi) is 5.52. The standard InChI is InChI=1S/C18H17NO4/c1-2-23-15-10-8-13(9-11-15)16(20)12-17(21)18(22)19-14-6-4-3-5-7-14/h3-12,20H,2H2,1H3,(H,19,22). The van der Waals surface area contributed by atoms with Crippen LogP contribution in [0.3, 0.4) is 0 Å². The van der Waals surface area contributed by atoms with Gasteiger partial charge in [0, 0.05) is 17.3 Å². The van der Waals surface area contributed by atoms with Crippen LogP contribution in [0, 0.1) is 0 Å². The van der Waals surface area contributed by atoms with E-state index >= 15 is 0 Å². The highest BCUT2D eigenvalue weighted by molar-refractivity contribution is 6.45. The predicted molar refractivity (Wildman–Crippen MR) is 88.3 cm³/mol. The summed E-state index contributed by atoms with van der Waals surface area (Å²) in [6, 6.07) is 15.2. The number of benzene rings is 2. The lowest BCUT2D eigenvalue weighted by molar-refractivity contribution is -0.131. The maximum absolute atomic E-state index is 11.8. The van der Waals surface area contributed by atoms with E-state index in [4.69, 9.17) is 4.74 Å². The number of hydrogen-bond donors (Lipinski definition) is 2. The molecule has 0 aromatic heterocycles. The largest absolute Gasteiger partial charge is 0.507 e. The van der Waals surface area contributed by atoms with Crippen molar-refractivity contribution in [1.29, 1.82) is 0 Å². The summed E-state index contributed by atoms with van der Waals surface area (Å²) in [5.41, 5.74) is 0.939. The zero-order valence-corrected chi connectivity index (χ0v) is 12.7. The number of hydrogen-bond acceptors (Lipinski definition) is 4. The number of carbonyl (C=O) groups is 2. The summed E-state index contributed by atoms with van der Waals surface area (Å²) < 4.78 is 5.29. The Balaban J connectivity index is 2.04. The van der Waals surface area contributed by atoms with E-state index in [0.29, 0.717) is 23.6 Å². The first kappa shape index (κ1) is 16.3. The van der Waals surface area contributed by atoms with Crippen LogP contribution in [0.25, 0.3) is 5.76 Å². The Morgan fingerprint density at radius 1 is 1.09 bits per heavy atom. The molecular weight excluding hydrogens is 294 g/mol. The number of nitrogens with one attached hydrogen (secondary N) is 1.